The van der Waals surface area contributed by atoms with Gasteiger partial charge in [0.05, 0.1) is 23.4 Å². The maximum Gasteiger partial charge on any atom is 0.250 e. The fraction of sp³-hybridized carbons (Fsp3) is 0.464. The minimum absolute atomic E-state index is 0.102. The van der Waals surface area contributed by atoms with Crippen LogP contribution in [0.4, 0.5) is 0 Å². The summed E-state index contributed by atoms with van der Waals surface area (Å²) < 4.78 is 37.1. The second-order valence-corrected chi connectivity index (χ2v) is 11.8. The zero-order valence-electron chi connectivity index (χ0n) is 22.2. The number of rotatable bonds is 13. The Morgan fingerprint density at radius 3 is 2.58 bits per heavy atom. The number of nitrogens with zero attached hydrogens (tertiary/aromatic N) is 1. The Morgan fingerprint density at radius 1 is 1.11 bits per heavy atom. The molecule has 3 aromatic rings. The van der Waals surface area contributed by atoms with Crippen LogP contribution in [-0.4, -0.2) is 76.4 Å². The number of aromatic nitrogens is 1. The summed E-state index contributed by atoms with van der Waals surface area (Å²) in [5, 5.41) is 4.32. The normalized spacial score (nSPS) is 15.3. The van der Waals surface area contributed by atoms with E-state index in [1.165, 1.54) is 0 Å². The highest BCUT2D eigenvalue weighted by atomic mass is 32.2. The summed E-state index contributed by atoms with van der Waals surface area (Å²) in [6.07, 6.45) is 3.87. The number of amides is 1. The third-order valence-electron chi connectivity index (χ3n) is 7.20. The summed E-state index contributed by atoms with van der Waals surface area (Å²) in [5.41, 5.74) is 11.1. The average Bonchev–Trinajstić information content (AvgIpc) is 3.35. The van der Waals surface area contributed by atoms with Crippen molar-refractivity contribution in [3.63, 3.8) is 0 Å². The molecule has 1 amide bonds. The lowest BCUT2D eigenvalue weighted by atomic mass is 9.88. The molecule has 0 atom stereocenters. The molecule has 2 heterocycles. The predicted molar refractivity (Wildman–Crippen MR) is 150 cm³/mol. The third-order valence-corrected chi connectivity index (χ3v) is 9.15. The van der Waals surface area contributed by atoms with Crippen LogP contribution >= 0.6 is 0 Å². The molecule has 0 bridgehead atoms. The summed E-state index contributed by atoms with van der Waals surface area (Å²) in [4.78, 5) is 15.7. The van der Waals surface area contributed by atoms with E-state index < -0.39 is 15.9 Å². The Morgan fingerprint density at radius 2 is 1.87 bits per heavy atom. The molecule has 1 aromatic heterocycles. The minimum Gasteiger partial charge on any atom is -0.385 e. The molecule has 1 fully saturated rings. The van der Waals surface area contributed by atoms with Crippen LogP contribution in [0.5, 0.6) is 0 Å². The van der Waals surface area contributed by atoms with Crippen molar-refractivity contribution in [2.75, 3.05) is 52.8 Å². The molecule has 0 unspecified atom stereocenters. The molecule has 10 heteroatoms. The Balaban J connectivity index is 1.58. The van der Waals surface area contributed by atoms with Gasteiger partial charge in [-0.3, -0.25) is 4.79 Å². The Bertz CT molecular complexity index is 1350. The number of carbonyl (C=O) groups excluding carboxylic acids is 1. The predicted octanol–water partition coefficient (Wildman–Crippen LogP) is 3.22. The van der Waals surface area contributed by atoms with Crippen LogP contribution in [0.3, 0.4) is 0 Å². The van der Waals surface area contributed by atoms with E-state index in [1.54, 1.807) is 18.5 Å². The average molecular weight is 543 g/mol. The molecule has 1 aliphatic heterocycles. The first-order chi connectivity index (χ1) is 18.3. The monoisotopic (exact) mass is 542 g/mol. The van der Waals surface area contributed by atoms with Crippen molar-refractivity contribution in [1.82, 2.24) is 14.6 Å². The van der Waals surface area contributed by atoms with Crippen LogP contribution in [-0.2, 0) is 26.0 Å². The summed E-state index contributed by atoms with van der Waals surface area (Å²) in [6.45, 7) is 3.51. The molecule has 2 aromatic carbocycles. The number of piperidine rings is 1. The Hall–Kier alpha value is -2.76. The molecule has 1 aliphatic rings. The minimum atomic E-state index is -3.29. The van der Waals surface area contributed by atoms with E-state index in [2.05, 4.69) is 28.5 Å². The lowest BCUT2D eigenvalue weighted by Crippen LogP contribution is -2.39. The number of aromatic amines is 1. The van der Waals surface area contributed by atoms with E-state index in [4.69, 9.17) is 15.2 Å². The largest absolute Gasteiger partial charge is 0.385 e. The third kappa shape index (κ3) is 6.62. The van der Waals surface area contributed by atoms with E-state index in [-0.39, 0.29) is 11.7 Å². The lowest BCUT2D eigenvalue weighted by molar-refractivity contribution is 0.100. The van der Waals surface area contributed by atoms with Gasteiger partial charge in [-0.25, -0.2) is 12.7 Å². The summed E-state index contributed by atoms with van der Waals surface area (Å²) in [5.74, 6) is -0.202. The number of carbonyl (C=O) groups is 1. The molecule has 0 aliphatic carbocycles. The van der Waals surface area contributed by atoms with Gasteiger partial charge in [0.15, 0.2) is 0 Å². The first kappa shape index (κ1) is 28.3. The van der Waals surface area contributed by atoms with Gasteiger partial charge in [-0.05, 0) is 65.6 Å². The smallest absolute Gasteiger partial charge is 0.250 e. The molecule has 206 valence electrons. The van der Waals surface area contributed by atoms with Crippen molar-refractivity contribution in [3.05, 3.63) is 59.3 Å². The number of hydrogen-bond donors (Lipinski definition) is 3. The fourth-order valence-electron chi connectivity index (χ4n) is 5.18. The first-order valence-electron chi connectivity index (χ1n) is 13.0. The molecule has 1 saturated heterocycles. The molecule has 0 saturated carbocycles. The second-order valence-electron chi connectivity index (χ2n) is 9.76. The molecular weight excluding hydrogens is 504 g/mol. The Labute approximate surface area is 224 Å². The SMILES string of the molecule is COCCCS(=O)(=O)N1CCC(c2c[nH]c3c(C(N)=O)cc(-c4cccc(CNCCOC)c4)cc23)CC1. The van der Waals surface area contributed by atoms with Gasteiger partial charge in [0.2, 0.25) is 10.0 Å². The van der Waals surface area contributed by atoms with E-state index in [0.29, 0.717) is 44.8 Å². The number of sulfonamides is 1. The van der Waals surface area contributed by atoms with Crippen molar-refractivity contribution in [3.8, 4) is 11.1 Å². The fourth-order valence-corrected chi connectivity index (χ4v) is 6.69. The number of H-pyrrole nitrogens is 1. The quantitative estimate of drug-likeness (QED) is 0.285. The van der Waals surface area contributed by atoms with Gasteiger partial charge >= 0.3 is 0 Å². The maximum absolute atomic E-state index is 12.7. The number of primary amides is 1. The van der Waals surface area contributed by atoms with E-state index in [0.717, 1.165) is 52.5 Å². The lowest BCUT2D eigenvalue weighted by Gasteiger charge is -2.31. The van der Waals surface area contributed by atoms with E-state index in [9.17, 15) is 13.2 Å². The zero-order valence-corrected chi connectivity index (χ0v) is 23.0. The zero-order chi connectivity index (χ0) is 27.1. The van der Waals surface area contributed by atoms with Crippen molar-refractivity contribution >= 4 is 26.8 Å². The summed E-state index contributed by atoms with van der Waals surface area (Å²) in [6, 6.07) is 12.2. The first-order valence-corrected chi connectivity index (χ1v) is 14.7. The number of nitrogens with two attached hydrogens (primary N) is 1. The van der Waals surface area contributed by atoms with Crippen molar-refractivity contribution in [2.45, 2.75) is 31.7 Å². The standard InChI is InChI=1S/C28H38N4O5S/c1-36-12-4-14-38(34,35)32-10-7-21(8-11-32)26-19-31-27-24(26)16-23(17-25(27)28(29)33)22-6-3-5-20(15-22)18-30-9-13-37-2/h3,5-6,15-17,19,21,30-31H,4,7-14,18H2,1-2H3,(H2,29,33). The molecular formula is C28H38N4O5S. The van der Waals surface area contributed by atoms with Crippen molar-refractivity contribution < 1.29 is 22.7 Å². The van der Waals surface area contributed by atoms with Gasteiger partial charge in [-0.1, -0.05) is 18.2 Å². The molecule has 4 N–H and O–H groups in total. The van der Waals surface area contributed by atoms with Crippen molar-refractivity contribution in [1.29, 1.82) is 0 Å². The van der Waals surface area contributed by atoms with Crippen LogP contribution in [0, 0.1) is 0 Å². The number of nitrogens with one attached hydrogen (secondary N) is 2. The molecule has 0 spiro atoms. The number of fused-ring (bicyclic) bond motifs is 1. The van der Waals surface area contributed by atoms with Gasteiger partial charge in [0.1, 0.15) is 0 Å². The van der Waals surface area contributed by atoms with Crippen LogP contribution < -0.4 is 11.1 Å². The highest BCUT2D eigenvalue weighted by Gasteiger charge is 2.30. The van der Waals surface area contributed by atoms with Gasteiger partial charge in [0.25, 0.3) is 5.91 Å². The number of ether oxygens (including phenoxy) is 2. The number of benzene rings is 2. The van der Waals surface area contributed by atoms with E-state index in [1.807, 2.05) is 24.4 Å². The van der Waals surface area contributed by atoms with Gasteiger partial charge in [-0.2, -0.15) is 0 Å². The number of methoxy groups -OCH3 is 2. The second kappa shape index (κ2) is 12.9. The molecule has 0 radical (unpaired) electrons. The van der Waals surface area contributed by atoms with Crippen LogP contribution in [0.15, 0.2) is 42.6 Å². The molecule has 38 heavy (non-hydrogen) atoms. The van der Waals surface area contributed by atoms with Crippen LogP contribution in [0.1, 0.15) is 46.7 Å². The van der Waals surface area contributed by atoms with Crippen LogP contribution in [0.25, 0.3) is 22.0 Å². The molecule has 4 rings (SSSR count). The molecule has 9 nitrogen and oxygen atoms in total. The topological polar surface area (TPSA) is 127 Å². The number of hydrogen-bond acceptors (Lipinski definition) is 6. The van der Waals surface area contributed by atoms with Crippen molar-refractivity contribution in [2.24, 2.45) is 5.73 Å². The van der Waals surface area contributed by atoms with Gasteiger partial charge < -0.3 is 25.5 Å². The summed E-state index contributed by atoms with van der Waals surface area (Å²) >= 11 is 0. The Kier molecular flexibility index (Phi) is 9.56. The highest BCUT2D eigenvalue weighted by Crippen LogP contribution is 2.37. The highest BCUT2D eigenvalue weighted by molar-refractivity contribution is 7.89. The van der Waals surface area contributed by atoms with E-state index >= 15 is 0 Å². The van der Waals surface area contributed by atoms with Crippen LogP contribution in [0.2, 0.25) is 0 Å². The summed E-state index contributed by atoms with van der Waals surface area (Å²) in [7, 11) is -0.0366. The van der Waals surface area contributed by atoms with Gasteiger partial charge in [-0.15, -0.1) is 0 Å². The van der Waals surface area contributed by atoms with Gasteiger partial charge in [0, 0.05) is 58.6 Å². The maximum atomic E-state index is 12.7.